The summed E-state index contributed by atoms with van der Waals surface area (Å²) >= 11 is 0. The normalized spacial score (nSPS) is 13.2. The van der Waals surface area contributed by atoms with Gasteiger partial charge in [0.2, 0.25) is 0 Å². The maximum atomic E-state index is 5.99. The number of nitrogens with zero attached hydrogens (tertiary/aromatic N) is 2. The van der Waals surface area contributed by atoms with Crippen molar-refractivity contribution < 1.29 is 9.47 Å². The van der Waals surface area contributed by atoms with Gasteiger partial charge in [-0.2, -0.15) is 0 Å². The van der Waals surface area contributed by atoms with E-state index >= 15 is 0 Å². The molecule has 0 radical (unpaired) electrons. The van der Waals surface area contributed by atoms with Crippen LogP contribution in [0.1, 0.15) is 18.5 Å². The molecule has 0 amide bonds. The van der Waals surface area contributed by atoms with Crippen LogP contribution in [0.15, 0.2) is 59.6 Å². The maximum Gasteiger partial charge on any atom is 0.191 e. The summed E-state index contributed by atoms with van der Waals surface area (Å²) in [5.41, 5.74) is 1.27. The molecule has 0 fully saturated rings. The van der Waals surface area contributed by atoms with Gasteiger partial charge in [0.1, 0.15) is 6.10 Å². The van der Waals surface area contributed by atoms with E-state index in [2.05, 4.69) is 58.9 Å². The number of rotatable bonds is 9. The fraction of sp³-hybridized carbons (Fsp3) is 0.409. The molecule has 0 aliphatic rings. The van der Waals surface area contributed by atoms with Crippen LogP contribution in [0.3, 0.4) is 0 Å². The molecular weight excluding hydrogens is 479 g/mol. The number of benzene rings is 2. The largest absolute Gasteiger partial charge is 0.493 e. The van der Waals surface area contributed by atoms with Crippen molar-refractivity contribution in [2.75, 3.05) is 41.3 Å². The highest BCUT2D eigenvalue weighted by Gasteiger charge is 2.15. The molecule has 2 N–H and O–H groups in total. The van der Waals surface area contributed by atoms with Crippen LogP contribution in [0, 0.1) is 0 Å². The van der Waals surface area contributed by atoms with Gasteiger partial charge in [0.15, 0.2) is 17.5 Å². The van der Waals surface area contributed by atoms with E-state index in [9.17, 15) is 0 Å². The van der Waals surface area contributed by atoms with Gasteiger partial charge in [-0.25, -0.2) is 0 Å². The molecule has 0 aromatic heterocycles. The van der Waals surface area contributed by atoms with Gasteiger partial charge in [-0.1, -0.05) is 42.5 Å². The summed E-state index contributed by atoms with van der Waals surface area (Å²) in [5, 5.41) is 6.74. The molecule has 0 spiro atoms. The van der Waals surface area contributed by atoms with Crippen molar-refractivity contribution >= 4 is 29.9 Å². The van der Waals surface area contributed by atoms with E-state index in [1.165, 1.54) is 5.56 Å². The van der Waals surface area contributed by atoms with Crippen molar-refractivity contribution in [1.82, 2.24) is 15.5 Å². The van der Waals surface area contributed by atoms with Crippen LogP contribution in [-0.2, 0) is 0 Å². The molecule has 160 valence electrons. The van der Waals surface area contributed by atoms with Gasteiger partial charge in [0.05, 0.1) is 19.7 Å². The van der Waals surface area contributed by atoms with Gasteiger partial charge in [0.25, 0.3) is 0 Å². The molecule has 2 atom stereocenters. The highest BCUT2D eigenvalue weighted by Crippen LogP contribution is 2.26. The standard InChI is InChI=1S/C22H32N4O2.HI/c1-17(28-21-14-10-9-13-20(21)27-5)15-24-22(23-2)25-16-19(26(3)4)18-11-7-6-8-12-18;/h6-14,17,19H,15-16H2,1-5H3,(H2,23,24,25);1H. The molecular formula is C22H33IN4O2. The summed E-state index contributed by atoms with van der Waals surface area (Å²) in [5.74, 6) is 2.21. The number of likely N-dealkylation sites (N-methyl/N-ethyl adjacent to an activating group) is 1. The van der Waals surface area contributed by atoms with E-state index in [4.69, 9.17) is 9.47 Å². The molecule has 0 saturated heterocycles. The zero-order valence-electron chi connectivity index (χ0n) is 17.9. The topological polar surface area (TPSA) is 58.1 Å². The van der Waals surface area contributed by atoms with Gasteiger partial charge in [0, 0.05) is 13.6 Å². The number of para-hydroxylation sites is 2. The number of nitrogens with one attached hydrogen (secondary N) is 2. The number of guanidine groups is 1. The second-order valence-corrected chi connectivity index (χ2v) is 6.80. The molecule has 2 aromatic rings. The lowest BCUT2D eigenvalue weighted by atomic mass is 10.1. The first-order chi connectivity index (χ1) is 13.5. The number of hydrogen-bond acceptors (Lipinski definition) is 4. The van der Waals surface area contributed by atoms with Crippen molar-refractivity contribution in [3.8, 4) is 11.5 Å². The molecule has 0 saturated carbocycles. The second-order valence-electron chi connectivity index (χ2n) is 6.80. The fourth-order valence-corrected chi connectivity index (χ4v) is 2.90. The summed E-state index contributed by atoms with van der Waals surface area (Å²) in [4.78, 5) is 6.52. The van der Waals surface area contributed by atoms with Gasteiger partial charge in [-0.05, 0) is 38.7 Å². The first-order valence-corrected chi connectivity index (χ1v) is 9.50. The summed E-state index contributed by atoms with van der Waals surface area (Å²) in [7, 11) is 7.58. The van der Waals surface area contributed by atoms with Crippen LogP contribution < -0.4 is 20.1 Å². The van der Waals surface area contributed by atoms with Crippen molar-refractivity contribution in [3.63, 3.8) is 0 Å². The Bertz CT molecular complexity index is 741. The Balaban J connectivity index is 0.00000420. The van der Waals surface area contributed by atoms with Gasteiger partial charge in [-0.15, -0.1) is 24.0 Å². The van der Waals surface area contributed by atoms with Crippen LogP contribution in [0.5, 0.6) is 11.5 Å². The van der Waals surface area contributed by atoms with Crippen molar-refractivity contribution in [2.24, 2.45) is 4.99 Å². The molecule has 2 unspecified atom stereocenters. The molecule has 0 aliphatic heterocycles. The number of halogens is 1. The first kappa shape index (κ1) is 25.0. The van der Waals surface area contributed by atoms with E-state index in [0.717, 1.165) is 24.0 Å². The predicted molar refractivity (Wildman–Crippen MR) is 131 cm³/mol. The monoisotopic (exact) mass is 512 g/mol. The Morgan fingerprint density at radius 2 is 1.55 bits per heavy atom. The van der Waals surface area contributed by atoms with Gasteiger partial charge < -0.3 is 25.0 Å². The van der Waals surface area contributed by atoms with E-state index in [1.54, 1.807) is 14.2 Å². The molecule has 0 heterocycles. The summed E-state index contributed by atoms with van der Waals surface area (Å²) in [6.45, 7) is 3.38. The van der Waals surface area contributed by atoms with E-state index < -0.39 is 0 Å². The molecule has 0 bridgehead atoms. The lowest BCUT2D eigenvalue weighted by molar-refractivity contribution is 0.213. The van der Waals surface area contributed by atoms with E-state index in [1.807, 2.05) is 37.3 Å². The number of methoxy groups -OCH3 is 1. The Hall–Kier alpha value is -2.00. The predicted octanol–water partition coefficient (Wildman–Crippen LogP) is 3.55. The SMILES string of the molecule is CN=C(NCC(C)Oc1ccccc1OC)NCC(c1ccccc1)N(C)C.I. The third-order valence-electron chi connectivity index (χ3n) is 4.45. The lowest BCUT2D eigenvalue weighted by Gasteiger charge is -2.26. The molecule has 6 nitrogen and oxygen atoms in total. The second kappa shape index (κ2) is 13.3. The molecule has 0 aliphatic carbocycles. The third kappa shape index (κ3) is 8.10. The van der Waals surface area contributed by atoms with Crippen molar-refractivity contribution in [2.45, 2.75) is 19.1 Å². The van der Waals surface area contributed by atoms with E-state index in [0.29, 0.717) is 6.54 Å². The quantitative estimate of drug-likeness (QED) is 0.306. The maximum absolute atomic E-state index is 5.99. The molecule has 29 heavy (non-hydrogen) atoms. The van der Waals surface area contributed by atoms with Crippen LogP contribution in [0.4, 0.5) is 0 Å². The molecule has 7 heteroatoms. The Kier molecular flexibility index (Phi) is 11.5. The number of ether oxygens (including phenoxy) is 2. The van der Waals surface area contributed by atoms with Gasteiger partial charge in [-0.3, -0.25) is 4.99 Å². The Morgan fingerprint density at radius 1 is 0.966 bits per heavy atom. The Labute approximate surface area is 191 Å². The summed E-state index contributed by atoms with van der Waals surface area (Å²) < 4.78 is 11.3. The minimum atomic E-state index is -0.0476. The average Bonchev–Trinajstić information content (AvgIpc) is 2.71. The zero-order valence-corrected chi connectivity index (χ0v) is 20.2. The third-order valence-corrected chi connectivity index (χ3v) is 4.45. The van der Waals surface area contributed by atoms with Crippen LogP contribution in [-0.4, -0.2) is 58.3 Å². The van der Waals surface area contributed by atoms with Crippen molar-refractivity contribution in [1.29, 1.82) is 0 Å². The smallest absolute Gasteiger partial charge is 0.191 e. The van der Waals surface area contributed by atoms with E-state index in [-0.39, 0.29) is 36.1 Å². The van der Waals surface area contributed by atoms with Crippen LogP contribution in [0.2, 0.25) is 0 Å². The molecule has 2 rings (SSSR count). The minimum Gasteiger partial charge on any atom is -0.493 e. The summed E-state index contributed by atoms with van der Waals surface area (Å²) in [6.07, 6.45) is -0.0476. The number of hydrogen-bond donors (Lipinski definition) is 2. The molecule has 2 aromatic carbocycles. The van der Waals surface area contributed by atoms with Crippen molar-refractivity contribution in [3.05, 3.63) is 60.2 Å². The first-order valence-electron chi connectivity index (χ1n) is 9.50. The Morgan fingerprint density at radius 3 is 2.14 bits per heavy atom. The summed E-state index contributed by atoms with van der Waals surface area (Å²) in [6, 6.07) is 18.4. The highest BCUT2D eigenvalue weighted by atomic mass is 127. The van der Waals surface area contributed by atoms with Crippen LogP contribution in [0.25, 0.3) is 0 Å². The fourth-order valence-electron chi connectivity index (χ4n) is 2.90. The zero-order chi connectivity index (χ0) is 20.4. The minimum absolute atomic E-state index is 0. The number of aliphatic imine (C=N–C) groups is 1. The van der Waals surface area contributed by atoms with Gasteiger partial charge >= 0.3 is 0 Å². The lowest BCUT2D eigenvalue weighted by Crippen LogP contribution is -2.44. The average molecular weight is 512 g/mol. The van der Waals surface area contributed by atoms with Crippen LogP contribution >= 0.6 is 24.0 Å². The highest BCUT2D eigenvalue weighted by molar-refractivity contribution is 14.0.